The zero-order valence-electron chi connectivity index (χ0n) is 22.5. The van der Waals surface area contributed by atoms with Gasteiger partial charge in [-0.2, -0.15) is 0 Å². The van der Waals surface area contributed by atoms with E-state index in [9.17, 15) is 0 Å². The number of likely N-dealkylation sites (N-methyl/N-ethyl adjacent to an activating group) is 2. The largest absolute Gasteiger partial charge is 0.493 e. The smallest absolute Gasteiger partial charge is 0.227 e. The molecule has 0 saturated carbocycles. The molecule has 196 valence electrons. The van der Waals surface area contributed by atoms with Crippen molar-refractivity contribution in [1.29, 1.82) is 0 Å². The number of hydrogen-bond donors (Lipinski definition) is 1. The van der Waals surface area contributed by atoms with Gasteiger partial charge in [-0.1, -0.05) is 38.1 Å². The summed E-state index contributed by atoms with van der Waals surface area (Å²) in [7, 11) is 2.12. The molecule has 0 fully saturated rings. The van der Waals surface area contributed by atoms with Crippen molar-refractivity contribution in [2.75, 3.05) is 51.8 Å². The van der Waals surface area contributed by atoms with Gasteiger partial charge in [0.05, 0.1) is 12.3 Å². The number of aryl methyl sites for hydroxylation is 1. The molecule has 6 bridgehead atoms. The van der Waals surface area contributed by atoms with Crippen molar-refractivity contribution in [2.45, 2.75) is 33.7 Å². The van der Waals surface area contributed by atoms with Gasteiger partial charge in [0.1, 0.15) is 18.1 Å². The second kappa shape index (κ2) is 13.2. The fourth-order valence-corrected chi connectivity index (χ4v) is 4.38. The quantitative estimate of drug-likeness (QED) is 0.436. The molecule has 4 rings (SSSR count). The summed E-state index contributed by atoms with van der Waals surface area (Å²) in [4.78, 5) is 14.0. The maximum Gasteiger partial charge on any atom is 0.227 e. The van der Waals surface area contributed by atoms with Gasteiger partial charge in [-0.15, -0.1) is 0 Å². The average molecular weight is 502 g/mol. The van der Waals surface area contributed by atoms with E-state index in [1.54, 1.807) is 0 Å². The van der Waals surface area contributed by atoms with Crippen LogP contribution in [0.4, 0.5) is 11.6 Å². The molecule has 3 aromatic rings. The first kappa shape index (κ1) is 26.6. The van der Waals surface area contributed by atoms with Crippen LogP contribution in [0.15, 0.2) is 60.8 Å². The first-order valence-electron chi connectivity index (χ1n) is 13.2. The fraction of sp³-hybridized carbons (Fsp3) is 0.400. The molecule has 1 aromatic heterocycles. The van der Waals surface area contributed by atoms with Crippen molar-refractivity contribution in [3.8, 4) is 22.8 Å². The third-order valence-corrected chi connectivity index (χ3v) is 6.53. The van der Waals surface area contributed by atoms with Crippen molar-refractivity contribution in [2.24, 2.45) is 0 Å². The van der Waals surface area contributed by atoms with Crippen LogP contribution in [-0.2, 0) is 6.54 Å². The third kappa shape index (κ3) is 7.54. The normalized spacial score (nSPS) is 14.4. The highest BCUT2D eigenvalue weighted by Gasteiger charge is 2.12. The highest BCUT2D eigenvalue weighted by atomic mass is 16.5. The number of aromatic nitrogens is 2. The summed E-state index contributed by atoms with van der Waals surface area (Å²) >= 11 is 0. The zero-order chi connectivity index (χ0) is 26.0. The van der Waals surface area contributed by atoms with E-state index in [4.69, 9.17) is 14.5 Å². The van der Waals surface area contributed by atoms with Crippen LogP contribution >= 0.6 is 0 Å². The first-order chi connectivity index (χ1) is 18.1. The van der Waals surface area contributed by atoms with Crippen LogP contribution in [0.1, 0.15) is 31.4 Å². The van der Waals surface area contributed by atoms with Crippen LogP contribution in [0.25, 0.3) is 11.3 Å². The van der Waals surface area contributed by atoms with E-state index in [0.717, 1.165) is 78.7 Å². The summed E-state index contributed by atoms with van der Waals surface area (Å²) in [6.45, 7) is 12.3. The lowest BCUT2D eigenvalue weighted by Gasteiger charge is -2.21. The van der Waals surface area contributed by atoms with Gasteiger partial charge in [0.15, 0.2) is 0 Å². The maximum absolute atomic E-state index is 6.26. The number of nitrogens with one attached hydrogen (secondary N) is 1. The van der Waals surface area contributed by atoms with Crippen LogP contribution < -0.4 is 14.8 Å². The first-order valence-corrected chi connectivity index (χ1v) is 13.2. The van der Waals surface area contributed by atoms with E-state index in [0.29, 0.717) is 19.2 Å². The zero-order valence-corrected chi connectivity index (χ0v) is 22.5. The standard InChI is InChI=1S/C30H39N5O2/c1-5-35(6-2)16-18-37-28-14-13-26-19-25(28)22-34(4)15-8-7-9-17-36-27-12-10-11-24(20-27)29-23(3)21-31-30(32-26)33-29/h7-8,10-14,19-21H,5-6,9,15-18,22H2,1-4H3,(H,31,32,33). The van der Waals surface area contributed by atoms with E-state index in [1.807, 2.05) is 37.4 Å². The Morgan fingerprint density at radius 2 is 1.97 bits per heavy atom. The van der Waals surface area contributed by atoms with E-state index in [1.165, 1.54) is 0 Å². The SMILES string of the molecule is CCN(CC)CCOc1ccc2cc1CN(C)CC=CCCOc1cccc(c1)-c1nc(ncc1C)N2. The van der Waals surface area contributed by atoms with Crippen LogP contribution in [0.3, 0.4) is 0 Å². The van der Waals surface area contributed by atoms with E-state index < -0.39 is 0 Å². The summed E-state index contributed by atoms with van der Waals surface area (Å²) in [5.41, 5.74) is 4.98. The van der Waals surface area contributed by atoms with Gasteiger partial charge in [-0.05, 0) is 69.4 Å². The van der Waals surface area contributed by atoms with Gasteiger partial charge in [-0.25, -0.2) is 9.97 Å². The minimum Gasteiger partial charge on any atom is -0.493 e. The topological polar surface area (TPSA) is 62.8 Å². The van der Waals surface area contributed by atoms with Crippen LogP contribution in [0.2, 0.25) is 0 Å². The molecule has 7 heteroatoms. The summed E-state index contributed by atoms with van der Waals surface area (Å²) in [6, 6.07) is 14.3. The van der Waals surface area contributed by atoms with E-state index in [2.05, 4.69) is 71.3 Å². The van der Waals surface area contributed by atoms with Crippen molar-refractivity contribution < 1.29 is 9.47 Å². The Bertz CT molecular complexity index is 1190. The maximum atomic E-state index is 6.26. The number of benzene rings is 2. The fourth-order valence-electron chi connectivity index (χ4n) is 4.38. The van der Waals surface area contributed by atoms with Gasteiger partial charge in [0.2, 0.25) is 5.95 Å². The minimum atomic E-state index is 0.561. The molecule has 0 amide bonds. The number of fused-ring (bicyclic) bond motifs is 7. The molecule has 2 aromatic carbocycles. The molecule has 2 heterocycles. The van der Waals surface area contributed by atoms with Crippen molar-refractivity contribution in [3.05, 3.63) is 71.9 Å². The molecule has 1 N–H and O–H groups in total. The molecule has 37 heavy (non-hydrogen) atoms. The summed E-state index contributed by atoms with van der Waals surface area (Å²) in [5.74, 6) is 2.32. The highest BCUT2D eigenvalue weighted by Crippen LogP contribution is 2.29. The van der Waals surface area contributed by atoms with Gasteiger partial charge in [-0.3, -0.25) is 4.90 Å². The van der Waals surface area contributed by atoms with E-state index >= 15 is 0 Å². The lowest BCUT2D eigenvalue weighted by atomic mass is 10.1. The second-order valence-corrected chi connectivity index (χ2v) is 9.38. The second-order valence-electron chi connectivity index (χ2n) is 9.38. The molecule has 0 saturated heterocycles. The summed E-state index contributed by atoms with van der Waals surface area (Å²) in [6.07, 6.45) is 7.10. The summed E-state index contributed by atoms with van der Waals surface area (Å²) in [5, 5.41) is 3.41. The van der Waals surface area contributed by atoms with Gasteiger partial charge in [0.25, 0.3) is 0 Å². The van der Waals surface area contributed by atoms with Gasteiger partial charge < -0.3 is 19.7 Å². The lowest BCUT2D eigenvalue weighted by molar-refractivity contribution is 0.220. The Labute approximate surface area is 221 Å². The molecule has 0 aliphatic carbocycles. The lowest BCUT2D eigenvalue weighted by Crippen LogP contribution is -2.28. The van der Waals surface area contributed by atoms with Crippen LogP contribution in [-0.4, -0.2) is 66.2 Å². The average Bonchev–Trinajstić information content (AvgIpc) is 2.90. The molecule has 1 aliphatic rings. The number of nitrogens with zero attached hydrogens (tertiary/aromatic N) is 4. The third-order valence-electron chi connectivity index (χ3n) is 6.53. The van der Waals surface area contributed by atoms with Crippen LogP contribution in [0.5, 0.6) is 11.5 Å². The molecule has 1 aliphatic heterocycles. The van der Waals surface area contributed by atoms with Crippen molar-refractivity contribution in [3.63, 3.8) is 0 Å². The van der Waals surface area contributed by atoms with Crippen molar-refractivity contribution in [1.82, 2.24) is 19.8 Å². The minimum absolute atomic E-state index is 0.561. The van der Waals surface area contributed by atoms with Gasteiger partial charge >= 0.3 is 0 Å². The molecule has 0 spiro atoms. The van der Waals surface area contributed by atoms with Crippen LogP contribution in [0, 0.1) is 6.92 Å². The highest BCUT2D eigenvalue weighted by molar-refractivity contribution is 5.67. The molecular formula is C30H39N5O2. The molecular weight excluding hydrogens is 462 g/mol. The molecule has 0 radical (unpaired) electrons. The Morgan fingerprint density at radius 1 is 1.11 bits per heavy atom. The van der Waals surface area contributed by atoms with Crippen molar-refractivity contribution >= 4 is 11.6 Å². The molecule has 0 atom stereocenters. The number of hydrogen-bond acceptors (Lipinski definition) is 7. The number of ether oxygens (including phenoxy) is 2. The molecule has 0 unspecified atom stereocenters. The Balaban J connectivity index is 1.63. The monoisotopic (exact) mass is 501 g/mol. The number of anilines is 2. The molecule has 7 nitrogen and oxygen atoms in total. The Hall–Kier alpha value is -3.42. The van der Waals surface area contributed by atoms with E-state index in [-0.39, 0.29) is 0 Å². The summed E-state index contributed by atoms with van der Waals surface area (Å²) < 4.78 is 12.3. The number of rotatable bonds is 6. The van der Waals surface area contributed by atoms with Gasteiger partial charge in [0, 0.05) is 42.6 Å². The predicted molar refractivity (Wildman–Crippen MR) is 151 cm³/mol. The Morgan fingerprint density at radius 3 is 2.81 bits per heavy atom. The predicted octanol–water partition coefficient (Wildman–Crippen LogP) is 5.69. The Kier molecular flexibility index (Phi) is 9.52.